The van der Waals surface area contributed by atoms with Gasteiger partial charge in [0.15, 0.2) is 11.5 Å². The summed E-state index contributed by atoms with van der Waals surface area (Å²) in [5, 5.41) is 40.9. The van der Waals surface area contributed by atoms with Crippen molar-refractivity contribution in [3.05, 3.63) is 40.9 Å². The van der Waals surface area contributed by atoms with Crippen molar-refractivity contribution in [1.29, 1.82) is 0 Å². The van der Waals surface area contributed by atoms with Gasteiger partial charge < -0.3 is 34.5 Å². The van der Waals surface area contributed by atoms with Crippen LogP contribution in [0.15, 0.2) is 39.7 Å². The molecule has 3 heterocycles. The zero-order chi connectivity index (χ0) is 22.0. The Hall–Kier alpha value is -3.43. The Morgan fingerprint density at radius 2 is 2.03 bits per heavy atom. The summed E-state index contributed by atoms with van der Waals surface area (Å²) in [5.74, 6) is 3.12. The van der Waals surface area contributed by atoms with Gasteiger partial charge in [0.1, 0.15) is 18.4 Å². The molecule has 0 saturated carbocycles. The van der Waals surface area contributed by atoms with Crippen LogP contribution in [0.25, 0.3) is 11.0 Å². The Labute approximate surface area is 175 Å². The molecule has 11 nitrogen and oxygen atoms in total. The number of terminal acetylenes is 1. The highest BCUT2D eigenvalue weighted by Crippen LogP contribution is 2.35. The molecule has 1 fully saturated rings. The Balaban J connectivity index is 1.62. The molecule has 2 aromatic heterocycles. The molecule has 11 heteroatoms. The average molecular weight is 428 g/mol. The Kier molecular flexibility index (Phi) is 5.88. The van der Waals surface area contributed by atoms with Gasteiger partial charge in [-0.3, -0.25) is 0 Å². The second-order valence-electron chi connectivity index (χ2n) is 6.98. The first-order valence-corrected chi connectivity index (χ1v) is 9.43. The molecule has 0 unspecified atom stereocenters. The predicted octanol–water partition coefficient (Wildman–Crippen LogP) is -0.757. The van der Waals surface area contributed by atoms with Gasteiger partial charge in [0, 0.05) is 17.5 Å². The van der Waals surface area contributed by atoms with E-state index in [0.29, 0.717) is 11.1 Å². The highest BCUT2D eigenvalue weighted by Gasteiger charge is 2.41. The molecule has 4 N–H and O–H groups in total. The lowest BCUT2D eigenvalue weighted by Crippen LogP contribution is -2.38. The topological polar surface area (TPSA) is 152 Å². The van der Waals surface area contributed by atoms with Crippen LogP contribution in [-0.4, -0.2) is 67.8 Å². The standard InChI is InChI=1S/C20H20N4O7/c1-2-5-29-15-6-11-3-4-18(26)31-14(11)7-16(15)30-17-8-21-23-24(17)9-12-19(27)20(28)13(10-25)22-12/h1,3-4,6-8,12-13,19-20,22,25,27-28H,5,9-10H2/t12-,13-,19-,20-/m1/s1. The fourth-order valence-corrected chi connectivity index (χ4v) is 3.41. The van der Waals surface area contributed by atoms with Gasteiger partial charge >= 0.3 is 5.63 Å². The molecule has 0 aliphatic carbocycles. The van der Waals surface area contributed by atoms with E-state index in [2.05, 4.69) is 21.5 Å². The molecular formula is C20H20N4O7. The lowest BCUT2D eigenvalue weighted by atomic mass is 10.1. The van der Waals surface area contributed by atoms with E-state index in [0.717, 1.165) is 0 Å². The second-order valence-corrected chi connectivity index (χ2v) is 6.98. The third kappa shape index (κ3) is 4.23. The van der Waals surface area contributed by atoms with Crippen molar-refractivity contribution in [3.8, 4) is 29.7 Å². The first-order chi connectivity index (χ1) is 15.0. The summed E-state index contributed by atoms with van der Waals surface area (Å²) >= 11 is 0. The van der Waals surface area contributed by atoms with E-state index < -0.39 is 29.9 Å². The summed E-state index contributed by atoms with van der Waals surface area (Å²) in [6.07, 6.45) is 4.42. The third-order valence-corrected chi connectivity index (χ3v) is 4.96. The fourth-order valence-electron chi connectivity index (χ4n) is 3.41. The zero-order valence-corrected chi connectivity index (χ0v) is 16.2. The summed E-state index contributed by atoms with van der Waals surface area (Å²) in [6.45, 7) is -0.227. The molecule has 0 amide bonds. The third-order valence-electron chi connectivity index (χ3n) is 4.96. The van der Waals surface area contributed by atoms with Crippen molar-refractivity contribution in [3.63, 3.8) is 0 Å². The predicted molar refractivity (Wildman–Crippen MR) is 107 cm³/mol. The van der Waals surface area contributed by atoms with Crippen LogP contribution in [0.1, 0.15) is 0 Å². The number of hydrogen-bond acceptors (Lipinski definition) is 10. The minimum absolute atomic E-state index is 0.00517. The smallest absolute Gasteiger partial charge is 0.336 e. The van der Waals surface area contributed by atoms with Crippen molar-refractivity contribution >= 4 is 11.0 Å². The van der Waals surface area contributed by atoms with Crippen LogP contribution in [0.5, 0.6) is 17.4 Å². The maximum atomic E-state index is 11.6. The molecule has 3 aromatic rings. The van der Waals surface area contributed by atoms with Crippen molar-refractivity contribution < 1.29 is 29.2 Å². The average Bonchev–Trinajstić information content (AvgIpc) is 3.31. The van der Waals surface area contributed by atoms with Gasteiger partial charge in [0.2, 0.25) is 5.88 Å². The van der Waals surface area contributed by atoms with Crippen LogP contribution in [-0.2, 0) is 6.54 Å². The zero-order valence-electron chi connectivity index (χ0n) is 16.2. The Morgan fingerprint density at radius 1 is 1.23 bits per heavy atom. The van der Waals surface area contributed by atoms with Crippen molar-refractivity contribution in [2.24, 2.45) is 0 Å². The van der Waals surface area contributed by atoms with Crippen molar-refractivity contribution in [1.82, 2.24) is 20.3 Å². The van der Waals surface area contributed by atoms with E-state index in [9.17, 15) is 20.1 Å². The minimum Gasteiger partial charge on any atom is -0.477 e. The van der Waals surface area contributed by atoms with Gasteiger partial charge in [-0.15, -0.1) is 11.5 Å². The number of aromatic nitrogens is 3. The fraction of sp³-hybridized carbons (Fsp3) is 0.350. The van der Waals surface area contributed by atoms with Crippen LogP contribution in [0, 0.1) is 12.3 Å². The summed E-state index contributed by atoms with van der Waals surface area (Å²) in [4.78, 5) is 11.6. The van der Waals surface area contributed by atoms with Gasteiger partial charge in [-0.05, 0) is 12.1 Å². The quantitative estimate of drug-likeness (QED) is 0.279. The van der Waals surface area contributed by atoms with E-state index in [4.69, 9.17) is 20.3 Å². The molecule has 0 spiro atoms. The number of nitrogens with zero attached hydrogens (tertiary/aromatic N) is 3. The molecule has 0 radical (unpaired) electrons. The number of aliphatic hydroxyl groups is 3. The normalized spacial score (nSPS) is 23.0. The number of nitrogens with one attached hydrogen (secondary N) is 1. The van der Waals surface area contributed by atoms with Crippen LogP contribution >= 0.6 is 0 Å². The minimum atomic E-state index is -1.12. The molecule has 1 saturated heterocycles. The van der Waals surface area contributed by atoms with Crippen molar-refractivity contribution in [2.45, 2.75) is 30.8 Å². The molecule has 31 heavy (non-hydrogen) atoms. The van der Waals surface area contributed by atoms with Gasteiger partial charge in [-0.1, -0.05) is 11.1 Å². The van der Waals surface area contributed by atoms with Crippen LogP contribution < -0.4 is 20.4 Å². The molecule has 4 atom stereocenters. The lowest BCUT2D eigenvalue weighted by molar-refractivity contribution is 0.0173. The van der Waals surface area contributed by atoms with Gasteiger partial charge in [-0.2, -0.15) is 0 Å². The summed E-state index contributed by atoms with van der Waals surface area (Å²) in [6, 6.07) is 4.76. The monoisotopic (exact) mass is 428 g/mol. The number of fused-ring (bicyclic) bond motifs is 1. The summed E-state index contributed by atoms with van der Waals surface area (Å²) in [5.41, 5.74) is -0.225. The lowest BCUT2D eigenvalue weighted by Gasteiger charge is -2.17. The molecule has 0 bridgehead atoms. The largest absolute Gasteiger partial charge is 0.477 e. The first kappa shape index (κ1) is 20.8. The number of hydrogen-bond donors (Lipinski definition) is 4. The summed E-state index contributed by atoms with van der Waals surface area (Å²) < 4.78 is 18.1. The Bertz CT molecular complexity index is 1170. The first-order valence-electron chi connectivity index (χ1n) is 9.43. The number of rotatable bonds is 7. The molecular weight excluding hydrogens is 408 g/mol. The van der Waals surface area contributed by atoms with Crippen molar-refractivity contribution in [2.75, 3.05) is 13.2 Å². The van der Waals surface area contributed by atoms with Crippen LogP contribution in [0.4, 0.5) is 0 Å². The SMILES string of the molecule is C#CCOc1cc2ccc(=O)oc2cc1Oc1cnnn1C[C@H]1N[C@H](CO)[C@@H](O)[C@@H]1O. The molecule has 162 valence electrons. The number of aliphatic hydroxyl groups excluding tert-OH is 3. The highest BCUT2D eigenvalue weighted by atomic mass is 16.5. The Morgan fingerprint density at radius 3 is 2.77 bits per heavy atom. The van der Waals surface area contributed by atoms with Gasteiger partial charge in [-0.25, -0.2) is 9.48 Å². The second kappa shape index (κ2) is 8.75. The number of benzene rings is 1. The molecule has 1 aromatic carbocycles. The molecule has 4 rings (SSSR count). The van der Waals surface area contributed by atoms with Gasteiger partial charge in [0.25, 0.3) is 0 Å². The number of ether oxygens (including phenoxy) is 2. The van der Waals surface area contributed by atoms with E-state index in [1.54, 1.807) is 12.1 Å². The van der Waals surface area contributed by atoms with E-state index >= 15 is 0 Å². The summed E-state index contributed by atoms with van der Waals surface area (Å²) in [7, 11) is 0. The van der Waals surface area contributed by atoms with Crippen LogP contribution in [0.3, 0.4) is 0 Å². The van der Waals surface area contributed by atoms with E-state index in [1.807, 2.05) is 0 Å². The van der Waals surface area contributed by atoms with E-state index in [1.165, 1.54) is 23.0 Å². The van der Waals surface area contributed by atoms with Crippen LogP contribution in [0.2, 0.25) is 0 Å². The maximum Gasteiger partial charge on any atom is 0.336 e. The highest BCUT2D eigenvalue weighted by molar-refractivity contribution is 5.80. The van der Waals surface area contributed by atoms with E-state index in [-0.39, 0.29) is 37.0 Å². The maximum absolute atomic E-state index is 11.6. The van der Waals surface area contributed by atoms with Gasteiger partial charge in [0.05, 0.1) is 37.4 Å². The molecule has 1 aliphatic rings. The molecule has 1 aliphatic heterocycles.